The van der Waals surface area contributed by atoms with E-state index in [1.165, 1.54) is 16.9 Å². The summed E-state index contributed by atoms with van der Waals surface area (Å²) in [7, 11) is 0. The molecular formula is C24H21F2N5OS. The van der Waals surface area contributed by atoms with E-state index < -0.39 is 11.9 Å². The van der Waals surface area contributed by atoms with Crippen molar-refractivity contribution >= 4 is 34.5 Å². The molecule has 4 aromatic rings. The van der Waals surface area contributed by atoms with E-state index in [0.29, 0.717) is 28.0 Å². The molecule has 9 heteroatoms. The number of hydrogen-bond acceptors (Lipinski definition) is 5. The van der Waals surface area contributed by atoms with Gasteiger partial charge in [0.1, 0.15) is 5.69 Å². The van der Waals surface area contributed by atoms with Gasteiger partial charge in [-0.25, -0.2) is 4.98 Å². The monoisotopic (exact) mass is 465 g/mol. The number of aromatic nitrogens is 4. The third kappa shape index (κ3) is 5.75. The van der Waals surface area contributed by atoms with Crippen molar-refractivity contribution in [2.24, 2.45) is 0 Å². The van der Waals surface area contributed by atoms with Crippen molar-refractivity contribution in [3.63, 3.8) is 0 Å². The van der Waals surface area contributed by atoms with Crippen molar-refractivity contribution in [3.05, 3.63) is 94.3 Å². The van der Waals surface area contributed by atoms with Crippen molar-refractivity contribution < 1.29 is 13.6 Å². The van der Waals surface area contributed by atoms with E-state index in [2.05, 4.69) is 34.1 Å². The zero-order valence-corrected chi connectivity index (χ0v) is 18.8. The minimum atomic E-state index is -0.905. The second kappa shape index (κ2) is 9.83. The molecule has 0 saturated carbocycles. The standard InChI is InChI=1S/C24H21F2N5OS/c1-15(2)17-5-6-18(27-12-17)7-8-19-14-33-24(28-19)30-23(32)20-4-3-9-31(20)13-16-10-21(25)29-22(26)11-16/h3-12,14-15H,13H2,1-2H3,(H,28,30,32)/b8-7+. The third-order valence-electron chi connectivity index (χ3n) is 4.88. The maximum absolute atomic E-state index is 13.4. The number of hydrogen-bond donors (Lipinski definition) is 1. The van der Waals surface area contributed by atoms with E-state index in [1.54, 1.807) is 22.9 Å². The van der Waals surface area contributed by atoms with Gasteiger partial charge in [0.25, 0.3) is 5.91 Å². The van der Waals surface area contributed by atoms with Crippen LogP contribution in [0, 0.1) is 11.9 Å². The number of halogens is 2. The first-order chi connectivity index (χ1) is 15.9. The Labute approximate surface area is 193 Å². The minimum Gasteiger partial charge on any atom is -0.339 e. The summed E-state index contributed by atoms with van der Waals surface area (Å²) < 4.78 is 28.3. The molecule has 4 heterocycles. The summed E-state index contributed by atoms with van der Waals surface area (Å²) in [5.74, 6) is -1.76. The molecule has 0 aliphatic rings. The number of nitrogens with one attached hydrogen (secondary N) is 1. The Morgan fingerprint density at radius 2 is 1.88 bits per heavy atom. The summed E-state index contributed by atoms with van der Waals surface area (Å²) in [5, 5.41) is 5.04. The van der Waals surface area contributed by atoms with Gasteiger partial charge in [-0.2, -0.15) is 13.8 Å². The van der Waals surface area contributed by atoms with Gasteiger partial charge in [-0.15, -0.1) is 11.3 Å². The molecule has 0 aliphatic carbocycles. The van der Waals surface area contributed by atoms with Gasteiger partial charge in [0.05, 0.1) is 11.4 Å². The van der Waals surface area contributed by atoms with Crippen LogP contribution in [0.3, 0.4) is 0 Å². The lowest BCUT2D eigenvalue weighted by molar-refractivity contribution is 0.101. The lowest BCUT2D eigenvalue weighted by atomic mass is 10.1. The second-order valence-electron chi connectivity index (χ2n) is 7.68. The van der Waals surface area contributed by atoms with E-state index in [-0.39, 0.29) is 12.5 Å². The van der Waals surface area contributed by atoms with E-state index in [1.807, 2.05) is 35.9 Å². The number of thiazole rings is 1. The zero-order valence-electron chi connectivity index (χ0n) is 18.0. The van der Waals surface area contributed by atoms with Crippen molar-refractivity contribution in [3.8, 4) is 0 Å². The van der Waals surface area contributed by atoms with Crippen LogP contribution in [0.2, 0.25) is 0 Å². The summed E-state index contributed by atoms with van der Waals surface area (Å²) >= 11 is 1.30. The molecule has 168 valence electrons. The average molecular weight is 466 g/mol. The summed E-state index contributed by atoms with van der Waals surface area (Å²) in [6.07, 6.45) is 7.22. The molecule has 0 unspecified atom stereocenters. The highest BCUT2D eigenvalue weighted by atomic mass is 32.1. The van der Waals surface area contributed by atoms with Gasteiger partial charge in [0.15, 0.2) is 5.13 Å². The molecule has 0 fully saturated rings. The molecule has 0 atom stereocenters. The van der Waals surface area contributed by atoms with Crippen molar-refractivity contribution in [1.82, 2.24) is 19.5 Å². The molecule has 0 saturated heterocycles. The Balaban J connectivity index is 1.41. The fourth-order valence-corrected chi connectivity index (χ4v) is 3.84. The first kappa shape index (κ1) is 22.5. The molecule has 4 aromatic heterocycles. The van der Waals surface area contributed by atoms with E-state index >= 15 is 0 Å². The highest BCUT2D eigenvalue weighted by Gasteiger charge is 2.14. The number of pyridine rings is 2. The van der Waals surface area contributed by atoms with Crippen LogP contribution in [-0.4, -0.2) is 25.4 Å². The molecule has 0 radical (unpaired) electrons. The molecule has 6 nitrogen and oxygen atoms in total. The lowest BCUT2D eigenvalue weighted by Crippen LogP contribution is -2.17. The molecule has 1 amide bonds. The smallest absolute Gasteiger partial charge is 0.274 e. The quantitative estimate of drug-likeness (QED) is 0.360. The number of anilines is 1. The van der Waals surface area contributed by atoms with Crippen LogP contribution in [-0.2, 0) is 6.54 Å². The second-order valence-corrected chi connectivity index (χ2v) is 8.54. The van der Waals surface area contributed by atoms with Gasteiger partial charge in [0.2, 0.25) is 11.9 Å². The van der Waals surface area contributed by atoms with Gasteiger partial charge in [-0.3, -0.25) is 15.1 Å². The van der Waals surface area contributed by atoms with Crippen LogP contribution >= 0.6 is 11.3 Å². The molecule has 0 aromatic carbocycles. The Hall–Kier alpha value is -3.72. The van der Waals surface area contributed by atoms with Crippen LogP contribution in [0.1, 0.15) is 52.8 Å². The molecule has 1 N–H and O–H groups in total. The molecule has 33 heavy (non-hydrogen) atoms. The number of rotatable bonds is 7. The first-order valence-electron chi connectivity index (χ1n) is 10.3. The maximum Gasteiger partial charge on any atom is 0.274 e. The van der Waals surface area contributed by atoms with E-state index in [4.69, 9.17) is 0 Å². The fraction of sp³-hybridized carbons (Fsp3) is 0.167. The Bertz CT molecular complexity index is 1270. The zero-order chi connectivity index (χ0) is 23.4. The third-order valence-corrected chi connectivity index (χ3v) is 5.66. The molecule has 0 bridgehead atoms. The predicted molar refractivity (Wildman–Crippen MR) is 125 cm³/mol. The Kier molecular flexibility index (Phi) is 6.69. The molecule has 0 spiro atoms. The van der Waals surface area contributed by atoms with E-state index in [0.717, 1.165) is 17.8 Å². The Morgan fingerprint density at radius 3 is 2.58 bits per heavy atom. The first-order valence-corrected chi connectivity index (χ1v) is 11.1. The average Bonchev–Trinajstić information content (AvgIpc) is 3.41. The highest BCUT2D eigenvalue weighted by molar-refractivity contribution is 7.14. The number of nitrogens with zero attached hydrogens (tertiary/aromatic N) is 4. The lowest BCUT2D eigenvalue weighted by Gasteiger charge is -2.09. The van der Waals surface area contributed by atoms with Gasteiger partial charge in [-0.05, 0) is 59.5 Å². The molecule has 4 rings (SSSR count). The van der Waals surface area contributed by atoms with Gasteiger partial charge in [-0.1, -0.05) is 19.9 Å². The van der Waals surface area contributed by atoms with Crippen LogP contribution in [0.15, 0.2) is 54.2 Å². The normalized spacial score (nSPS) is 11.4. The largest absolute Gasteiger partial charge is 0.339 e. The number of carbonyl (C=O) groups is 1. The summed E-state index contributed by atoms with van der Waals surface area (Å²) in [6.45, 7) is 4.36. The van der Waals surface area contributed by atoms with Crippen LogP contribution in [0.4, 0.5) is 13.9 Å². The number of amides is 1. The fourth-order valence-electron chi connectivity index (χ4n) is 3.17. The highest BCUT2D eigenvalue weighted by Crippen LogP contribution is 2.19. The van der Waals surface area contributed by atoms with Crippen LogP contribution in [0.5, 0.6) is 0 Å². The topological polar surface area (TPSA) is 72.7 Å². The van der Waals surface area contributed by atoms with Crippen molar-refractivity contribution in [2.75, 3.05) is 5.32 Å². The van der Waals surface area contributed by atoms with Gasteiger partial charge >= 0.3 is 0 Å². The van der Waals surface area contributed by atoms with Gasteiger partial charge < -0.3 is 4.57 Å². The summed E-state index contributed by atoms with van der Waals surface area (Å²) in [5.41, 5.74) is 3.40. The van der Waals surface area contributed by atoms with Crippen LogP contribution in [0.25, 0.3) is 12.2 Å². The van der Waals surface area contributed by atoms with E-state index in [9.17, 15) is 13.6 Å². The molecule has 0 aliphatic heterocycles. The molecular weight excluding hydrogens is 444 g/mol. The summed E-state index contributed by atoms with van der Waals surface area (Å²) in [4.78, 5) is 24.7. The maximum atomic E-state index is 13.4. The van der Waals surface area contributed by atoms with Gasteiger partial charge in [0, 0.05) is 24.3 Å². The number of carbonyl (C=O) groups excluding carboxylic acids is 1. The summed E-state index contributed by atoms with van der Waals surface area (Å²) in [6, 6.07) is 9.59. The minimum absolute atomic E-state index is 0.126. The predicted octanol–water partition coefficient (Wildman–Crippen LogP) is 5.61. The van der Waals surface area contributed by atoms with Crippen molar-refractivity contribution in [1.29, 1.82) is 0 Å². The SMILES string of the molecule is CC(C)c1ccc(/C=C/c2csc(NC(=O)c3cccn3Cc3cc(F)nc(F)c3)n2)nc1. The van der Waals surface area contributed by atoms with Crippen LogP contribution < -0.4 is 5.32 Å². The van der Waals surface area contributed by atoms with Crippen molar-refractivity contribution in [2.45, 2.75) is 26.3 Å². The Morgan fingerprint density at radius 1 is 1.12 bits per heavy atom.